The van der Waals surface area contributed by atoms with Gasteiger partial charge in [0, 0.05) is 30.6 Å². The predicted octanol–water partition coefficient (Wildman–Crippen LogP) is 3.70. The second kappa shape index (κ2) is 10.1. The van der Waals surface area contributed by atoms with Crippen LogP contribution in [0.3, 0.4) is 0 Å². The first kappa shape index (κ1) is 24.8. The molecule has 0 aliphatic heterocycles. The molecule has 4 aromatic rings. The van der Waals surface area contributed by atoms with E-state index in [1.807, 2.05) is 0 Å². The van der Waals surface area contributed by atoms with Crippen molar-refractivity contribution in [2.24, 2.45) is 0 Å². The van der Waals surface area contributed by atoms with E-state index in [9.17, 15) is 21.6 Å². The molecule has 0 aliphatic carbocycles. The molecule has 0 saturated heterocycles. The van der Waals surface area contributed by atoms with Gasteiger partial charge < -0.3 is 5.32 Å². The summed E-state index contributed by atoms with van der Waals surface area (Å²) < 4.78 is 56.1. The van der Waals surface area contributed by atoms with Gasteiger partial charge in [-0.2, -0.15) is 0 Å². The second-order valence-corrected chi connectivity index (χ2v) is 10.9. The van der Waals surface area contributed by atoms with Crippen LogP contribution in [0.15, 0.2) is 101 Å². The zero-order chi connectivity index (χ0) is 25.8. The molecular weight excluding hydrogens is 502 g/mol. The van der Waals surface area contributed by atoms with Crippen molar-refractivity contribution in [3.8, 4) is 11.1 Å². The van der Waals surface area contributed by atoms with Gasteiger partial charge in [-0.05, 0) is 60.2 Å². The van der Waals surface area contributed by atoms with Gasteiger partial charge >= 0.3 is 0 Å². The number of sulfonamides is 2. The number of hydrogen-bond donors (Lipinski definition) is 3. The smallest absolute Gasteiger partial charge is 0.263 e. The predicted molar refractivity (Wildman–Crippen MR) is 136 cm³/mol. The number of nitrogens with zero attached hydrogens (tertiary/aromatic N) is 2. The normalized spacial score (nSPS) is 11.5. The molecule has 184 valence electrons. The van der Waals surface area contributed by atoms with Gasteiger partial charge in [0.05, 0.1) is 9.79 Å². The van der Waals surface area contributed by atoms with Crippen LogP contribution < -0.4 is 14.8 Å². The average Bonchev–Trinajstić information content (AvgIpc) is 2.85. The number of benzene rings is 2. The molecule has 0 atom stereocenters. The minimum absolute atomic E-state index is 0.0152. The Morgan fingerprint density at radius 3 is 1.72 bits per heavy atom. The topological polar surface area (TPSA) is 147 Å². The highest BCUT2D eigenvalue weighted by Crippen LogP contribution is 2.32. The molecule has 0 saturated carbocycles. The number of aromatic nitrogens is 2. The van der Waals surface area contributed by atoms with E-state index >= 15 is 0 Å². The summed E-state index contributed by atoms with van der Waals surface area (Å²) in [7, 11) is -7.90. The summed E-state index contributed by atoms with van der Waals surface area (Å²) in [5, 5.41) is 2.67. The third-order valence-corrected chi connectivity index (χ3v) is 7.62. The highest BCUT2D eigenvalue weighted by atomic mass is 32.2. The van der Waals surface area contributed by atoms with Crippen molar-refractivity contribution in [2.45, 2.75) is 16.7 Å². The number of anilines is 3. The lowest BCUT2D eigenvalue weighted by Gasteiger charge is -2.14. The van der Waals surface area contributed by atoms with E-state index < -0.39 is 20.0 Å². The van der Waals surface area contributed by atoms with Crippen molar-refractivity contribution in [2.75, 3.05) is 14.8 Å². The van der Waals surface area contributed by atoms with Gasteiger partial charge in [-0.25, -0.2) is 26.8 Å². The number of nitrogens with one attached hydrogen (secondary N) is 3. The third kappa shape index (κ3) is 5.85. The molecule has 2 heterocycles. The molecule has 1 amide bonds. The van der Waals surface area contributed by atoms with E-state index in [2.05, 4.69) is 24.7 Å². The van der Waals surface area contributed by atoms with Crippen molar-refractivity contribution in [1.29, 1.82) is 0 Å². The molecular formula is C24H21N5O5S2. The summed E-state index contributed by atoms with van der Waals surface area (Å²) in [6.07, 6.45) is 2.93. The number of carbonyl (C=O) groups is 1. The zero-order valence-electron chi connectivity index (χ0n) is 18.9. The molecule has 0 radical (unpaired) electrons. The van der Waals surface area contributed by atoms with Crippen LogP contribution in [0, 0.1) is 0 Å². The van der Waals surface area contributed by atoms with Crippen molar-refractivity contribution >= 4 is 43.3 Å². The Morgan fingerprint density at radius 2 is 1.22 bits per heavy atom. The second-order valence-electron chi connectivity index (χ2n) is 7.55. The fraction of sp³-hybridized carbons (Fsp3) is 0.0417. The summed E-state index contributed by atoms with van der Waals surface area (Å²) >= 11 is 0. The van der Waals surface area contributed by atoms with Crippen LogP contribution in [0.4, 0.5) is 17.3 Å². The summed E-state index contributed by atoms with van der Waals surface area (Å²) in [6, 6.07) is 19.7. The fourth-order valence-electron chi connectivity index (χ4n) is 3.28. The van der Waals surface area contributed by atoms with Crippen LogP contribution >= 0.6 is 0 Å². The van der Waals surface area contributed by atoms with Crippen molar-refractivity contribution in [1.82, 2.24) is 9.97 Å². The monoisotopic (exact) mass is 523 g/mol. The Hall–Kier alpha value is -4.29. The maximum absolute atomic E-state index is 12.9. The number of carbonyl (C=O) groups excluding carboxylic acids is 1. The quantitative estimate of drug-likeness (QED) is 0.319. The molecule has 0 fully saturated rings. The SMILES string of the molecule is CC(=O)Nc1ccc(S(=O)(=O)Nc2ccccn2)cc1-c1ccc(S(=O)(=O)Nc2ccccn2)cc1. The maximum Gasteiger partial charge on any atom is 0.263 e. The molecule has 12 heteroatoms. The van der Waals surface area contributed by atoms with Crippen LogP contribution in [-0.4, -0.2) is 32.7 Å². The first-order chi connectivity index (χ1) is 17.1. The highest BCUT2D eigenvalue weighted by molar-refractivity contribution is 7.93. The lowest BCUT2D eigenvalue weighted by Crippen LogP contribution is -2.15. The fourth-order valence-corrected chi connectivity index (χ4v) is 5.32. The van der Waals surface area contributed by atoms with Crippen LogP contribution in [0.1, 0.15) is 6.92 Å². The molecule has 0 spiro atoms. The number of amides is 1. The molecule has 3 N–H and O–H groups in total. The molecule has 10 nitrogen and oxygen atoms in total. The van der Waals surface area contributed by atoms with E-state index in [-0.39, 0.29) is 27.3 Å². The van der Waals surface area contributed by atoms with Crippen molar-refractivity contribution in [3.05, 3.63) is 91.3 Å². The minimum Gasteiger partial charge on any atom is -0.326 e. The minimum atomic E-state index is -3.99. The molecule has 36 heavy (non-hydrogen) atoms. The first-order valence-electron chi connectivity index (χ1n) is 10.5. The van der Waals surface area contributed by atoms with E-state index in [1.54, 1.807) is 24.3 Å². The summed E-state index contributed by atoms with van der Waals surface area (Å²) in [4.78, 5) is 19.6. The van der Waals surface area contributed by atoms with Gasteiger partial charge in [0.25, 0.3) is 20.0 Å². The van der Waals surface area contributed by atoms with E-state index in [1.165, 1.54) is 73.9 Å². The number of hydrogen-bond acceptors (Lipinski definition) is 7. The Labute approximate surface area is 208 Å². The Kier molecular flexibility index (Phi) is 6.99. The molecule has 0 aliphatic rings. The standard InChI is InChI=1S/C24H21N5O5S2/c1-17(30)27-22-13-12-20(36(33,34)29-24-7-3-5-15-26-24)16-21(22)18-8-10-19(11-9-18)35(31,32)28-23-6-2-4-14-25-23/h2-16H,1H3,(H,25,28)(H,26,29)(H,27,30). The van der Waals surface area contributed by atoms with Crippen LogP contribution in [-0.2, 0) is 24.8 Å². The third-order valence-electron chi connectivity index (χ3n) is 4.90. The molecule has 0 bridgehead atoms. The molecule has 0 unspecified atom stereocenters. The lowest BCUT2D eigenvalue weighted by molar-refractivity contribution is -0.114. The molecule has 4 rings (SSSR count). The van der Waals surface area contributed by atoms with E-state index in [0.717, 1.165) is 0 Å². The molecule has 2 aromatic carbocycles. The van der Waals surface area contributed by atoms with E-state index in [4.69, 9.17) is 0 Å². The van der Waals surface area contributed by atoms with E-state index in [0.29, 0.717) is 16.8 Å². The van der Waals surface area contributed by atoms with Gasteiger partial charge in [0.2, 0.25) is 5.91 Å². The van der Waals surface area contributed by atoms with Crippen LogP contribution in [0.5, 0.6) is 0 Å². The zero-order valence-corrected chi connectivity index (χ0v) is 20.5. The van der Waals surface area contributed by atoms with Gasteiger partial charge in [-0.15, -0.1) is 0 Å². The van der Waals surface area contributed by atoms with Gasteiger partial charge in [0.15, 0.2) is 0 Å². The summed E-state index contributed by atoms with van der Waals surface area (Å²) in [5.74, 6) is -0.0231. The number of pyridine rings is 2. The van der Waals surface area contributed by atoms with Gasteiger partial charge in [0.1, 0.15) is 11.6 Å². The largest absolute Gasteiger partial charge is 0.326 e. The Bertz CT molecular complexity index is 1590. The summed E-state index contributed by atoms with van der Waals surface area (Å²) in [6.45, 7) is 1.33. The number of rotatable bonds is 8. The van der Waals surface area contributed by atoms with Crippen molar-refractivity contribution < 1.29 is 21.6 Å². The Balaban J connectivity index is 1.69. The first-order valence-corrected chi connectivity index (χ1v) is 13.5. The van der Waals surface area contributed by atoms with Crippen molar-refractivity contribution in [3.63, 3.8) is 0 Å². The van der Waals surface area contributed by atoms with Crippen LogP contribution in [0.2, 0.25) is 0 Å². The average molecular weight is 524 g/mol. The highest BCUT2D eigenvalue weighted by Gasteiger charge is 2.19. The molecule has 2 aromatic heterocycles. The maximum atomic E-state index is 12.9. The Morgan fingerprint density at radius 1 is 0.694 bits per heavy atom. The van der Waals surface area contributed by atoms with Gasteiger partial charge in [-0.3, -0.25) is 14.2 Å². The summed E-state index contributed by atoms with van der Waals surface area (Å²) in [5.41, 5.74) is 1.24. The van der Waals surface area contributed by atoms with Gasteiger partial charge in [-0.1, -0.05) is 24.3 Å². The van der Waals surface area contributed by atoms with Crippen LogP contribution in [0.25, 0.3) is 11.1 Å². The lowest BCUT2D eigenvalue weighted by atomic mass is 10.0.